The molecule has 96 valence electrons. The van der Waals surface area contributed by atoms with Crippen molar-refractivity contribution in [3.8, 4) is 5.75 Å². The fourth-order valence-corrected chi connectivity index (χ4v) is 3.05. The van der Waals surface area contributed by atoms with Gasteiger partial charge >= 0.3 is 0 Å². The van der Waals surface area contributed by atoms with E-state index in [2.05, 4.69) is 42.1 Å². The first-order valence-corrected chi connectivity index (χ1v) is 6.75. The largest absolute Gasteiger partial charge is 0.290 e. The molecule has 3 heterocycles. The summed E-state index contributed by atoms with van der Waals surface area (Å²) in [5, 5.41) is 2.01. The predicted molar refractivity (Wildman–Crippen MR) is 70.1 cm³/mol. The Bertz CT molecular complexity index is 637. The number of fused-ring (bicyclic) bond motifs is 4. The van der Waals surface area contributed by atoms with Crippen LogP contribution in [0.5, 0.6) is 5.75 Å². The van der Waals surface area contributed by atoms with E-state index < -0.39 is 0 Å². The van der Waals surface area contributed by atoms with Crippen LogP contribution in [-0.2, 0) is 13.1 Å². The van der Waals surface area contributed by atoms with E-state index in [9.17, 15) is 0 Å². The maximum Gasteiger partial charge on any atom is 0.277 e. The van der Waals surface area contributed by atoms with Gasteiger partial charge in [0, 0.05) is 16.8 Å². The van der Waals surface area contributed by atoms with Gasteiger partial charge in [-0.1, -0.05) is 12.1 Å². The van der Waals surface area contributed by atoms with Crippen molar-refractivity contribution in [1.82, 2.24) is 0 Å². The van der Waals surface area contributed by atoms with Gasteiger partial charge in [-0.15, -0.1) is 4.59 Å². The lowest BCUT2D eigenvalue weighted by atomic mass is 10.1. The molecule has 4 heteroatoms. The molecule has 0 bridgehead atoms. The quantitative estimate of drug-likeness (QED) is 0.569. The van der Waals surface area contributed by atoms with Crippen LogP contribution in [0.1, 0.15) is 18.2 Å². The highest BCUT2D eigenvalue weighted by Crippen LogP contribution is 2.33. The maximum atomic E-state index is 6.15. The normalized spacial score (nSPS) is 23.3. The van der Waals surface area contributed by atoms with Gasteiger partial charge in [-0.2, -0.15) is 0 Å². The van der Waals surface area contributed by atoms with Crippen LogP contribution < -0.4 is 14.8 Å². The molecule has 2 aliphatic heterocycles. The topological polar surface area (TPSA) is 16.4 Å². The lowest BCUT2D eigenvalue weighted by Gasteiger charge is -2.36. The van der Waals surface area contributed by atoms with Gasteiger partial charge in [0.1, 0.15) is 13.1 Å². The number of rotatable bonds is 1. The van der Waals surface area contributed by atoms with Gasteiger partial charge in [0.05, 0.1) is 5.56 Å². The summed E-state index contributed by atoms with van der Waals surface area (Å²) in [5.41, 5.74) is 2.58. The van der Waals surface area contributed by atoms with E-state index in [-0.39, 0.29) is 0 Å². The van der Waals surface area contributed by atoms with Gasteiger partial charge in [-0.05, 0) is 25.1 Å². The van der Waals surface area contributed by atoms with Crippen LogP contribution >= 0.6 is 0 Å². The van der Waals surface area contributed by atoms with E-state index in [0.717, 1.165) is 30.0 Å². The SMILES string of the molecule is CC[N+]12Cc3ccccc3ON1[n+]1ccccc1C2. The molecule has 2 aromatic rings. The molecule has 0 fully saturated rings. The van der Waals surface area contributed by atoms with E-state index >= 15 is 0 Å². The fraction of sp³-hybridized carbons (Fsp3) is 0.267. The molecule has 4 rings (SSSR count). The molecule has 1 unspecified atom stereocenters. The van der Waals surface area contributed by atoms with Crippen molar-refractivity contribution >= 4 is 0 Å². The monoisotopic (exact) mass is 255 g/mol. The third-order valence-electron chi connectivity index (χ3n) is 4.13. The second-order valence-electron chi connectivity index (χ2n) is 5.22. The fourth-order valence-electron chi connectivity index (χ4n) is 3.05. The number of nitrogens with zero attached hydrogens (tertiary/aromatic N) is 3. The second-order valence-corrected chi connectivity index (χ2v) is 5.22. The molecule has 0 spiro atoms. The summed E-state index contributed by atoms with van der Waals surface area (Å²) in [6.45, 7) is 5.19. The Hall–Kier alpha value is -2.07. The summed E-state index contributed by atoms with van der Waals surface area (Å²) in [6.07, 6.45) is 2.07. The number of para-hydroxylation sites is 1. The highest BCUT2D eigenvalue weighted by atomic mass is 16.8. The second kappa shape index (κ2) is 3.71. The van der Waals surface area contributed by atoms with Crippen LogP contribution in [0.25, 0.3) is 0 Å². The van der Waals surface area contributed by atoms with Crippen molar-refractivity contribution in [2.24, 2.45) is 0 Å². The van der Waals surface area contributed by atoms with E-state index in [1.807, 2.05) is 23.5 Å². The van der Waals surface area contributed by atoms with Crippen molar-refractivity contribution in [2.45, 2.75) is 20.0 Å². The van der Waals surface area contributed by atoms with Gasteiger partial charge in [-0.3, -0.25) is 4.84 Å². The molecular weight excluding hydrogens is 238 g/mol. The summed E-state index contributed by atoms with van der Waals surface area (Å²) in [5.74, 6) is 0.967. The molecular formula is C15H17N3O+2. The minimum absolute atomic E-state index is 0.807. The van der Waals surface area contributed by atoms with Crippen molar-refractivity contribution in [3.05, 3.63) is 59.9 Å². The van der Waals surface area contributed by atoms with Crippen molar-refractivity contribution in [2.75, 3.05) is 11.8 Å². The average Bonchev–Trinajstić information content (AvgIpc) is 2.79. The van der Waals surface area contributed by atoms with Gasteiger partial charge in [-0.25, -0.2) is 0 Å². The zero-order valence-corrected chi connectivity index (χ0v) is 11.0. The number of hydrogen-bond donors (Lipinski definition) is 0. The summed E-state index contributed by atoms with van der Waals surface area (Å²) >= 11 is 0. The van der Waals surface area contributed by atoms with E-state index in [4.69, 9.17) is 4.84 Å². The molecule has 0 N–H and O–H groups in total. The van der Waals surface area contributed by atoms with Gasteiger partial charge in [0.15, 0.2) is 17.6 Å². The Balaban J connectivity index is 1.86. The molecule has 0 radical (unpaired) electrons. The smallest absolute Gasteiger partial charge is 0.277 e. The van der Waals surface area contributed by atoms with Crippen molar-refractivity contribution < 1.29 is 14.1 Å². The first-order chi connectivity index (χ1) is 9.32. The molecule has 2 aliphatic rings. The summed E-state index contributed by atoms with van der Waals surface area (Å²) in [7, 11) is 0. The highest BCUT2D eigenvalue weighted by Gasteiger charge is 2.55. The number of quaternary nitrogens is 1. The van der Waals surface area contributed by atoms with Crippen LogP contribution in [-0.4, -0.2) is 11.1 Å². The number of benzene rings is 1. The average molecular weight is 255 g/mol. The molecule has 19 heavy (non-hydrogen) atoms. The molecule has 1 atom stereocenters. The van der Waals surface area contributed by atoms with E-state index in [1.54, 1.807) is 0 Å². The Labute approximate surface area is 112 Å². The third-order valence-corrected chi connectivity index (χ3v) is 4.13. The summed E-state index contributed by atoms with van der Waals surface area (Å²) in [4.78, 5) is 6.15. The molecule has 1 aromatic carbocycles. The summed E-state index contributed by atoms with van der Waals surface area (Å²) < 4.78 is 2.93. The highest BCUT2D eigenvalue weighted by molar-refractivity contribution is 5.33. The Kier molecular flexibility index (Phi) is 2.11. The molecule has 0 aliphatic carbocycles. The summed E-state index contributed by atoms with van der Waals surface area (Å²) in [6, 6.07) is 14.6. The van der Waals surface area contributed by atoms with Gasteiger partial charge in [0.2, 0.25) is 6.20 Å². The van der Waals surface area contributed by atoms with Crippen LogP contribution in [0.15, 0.2) is 48.7 Å². The minimum atomic E-state index is 0.807. The van der Waals surface area contributed by atoms with Crippen LogP contribution in [0.2, 0.25) is 0 Å². The Morgan fingerprint density at radius 3 is 2.89 bits per heavy atom. The predicted octanol–water partition coefficient (Wildman–Crippen LogP) is 1.69. The maximum absolute atomic E-state index is 6.15. The van der Waals surface area contributed by atoms with Gasteiger partial charge in [0.25, 0.3) is 5.69 Å². The molecule has 1 aromatic heterocycles. The zero-order chi connectivity index (χ0) is 12.9. The Morgan fingerprint density at radius 1 is 1.16 bits per heavy atom. The Morgan fingerprint density at radius 2 is 2.00 bits per heavy atom. The van der Waals surface area contributed by atoms with Crippen molar-refractivity contribution in [1.29, 1.82) is 0 Å². The van der Waals surface area contributed by atoms with Crippen LogP contribution in [0.3, 0.4) is 0 Å². The third kappa shape index (κ3) is 1.40. The zero-order valence-electron chi connectivity index (χ0n) is 11.0. The van der Waals surface area contributed by atoms with Crippen LogP contribution in [0, 0.1) is 0 Å². The van der Waals surface area contributed by atoms with Gasteiger partial charge < -0.3 is 0 Å². The van der Waals surface area contributed by atoms with E-state index in [1.165, 1.54) is 11.3 Å². The first-order valence-electron chi connectivity index (χ1n) is 6.75. The number of pyridine rings is 1. The molecule has 4 nitrogen and oxygen atoms in total. The molecule has 0 saturated heterocycles. The first kappa shape index (κ1) is 10.8. The number of aromatic nitrogens is 1. The van der Waals surface area contributed by atoms with E-state index in [0.29, 0.717) is 0 Å². The molecule has 0 saturated carbocycles. The van der Waals surface area contributed by atoms with Crippen LogP contribution in [0.4, 0.5) is 0 Å². The van der Waals surface area contributed by atoms with Crippen molar-refractivity contribution in [3.63, 3.8) is 0 Å². The minimum Gasteiger partial charge on any atom is -0.290 e. The lowest BCUT2D eigenvalue weighted by molar-refractivity contribution is -1.06. The number of hydrogen-bond acceptors (Lipinski definition) is 2. The standard InChI is InChI=1S/C15H17N3O/c1-2-18-11-13-7-3-4-9-15(13)19-17(18)16-10-6-5-8-14(16)12-18/h3-10H,2,11-12H2,1H3/q+2. The molecule has 0 amide bonds. The lowest BCUT2D eigenvalue weighted by Crippen LogP contribution is -2.72.